The van der Waals surface area contributed by atoms with Gasteiger partial charge in [0.25, 0.3) is 0 Å². The molecule has 0 amide bonds. The van der Waals surface area contributed by atoms with E-state index >= 15 is 0 Å². The van der Waals surface area contributed by atoms with Gasteiger partial charge in [-0.25, -0.2) is 4.79 Å². The number of rotatable bonds is 3. The van der Waals surface area contributed by atoms with Crippen LogP contribution >= 0.6 is 11.8 Å². The molecule has 0 radical (unpaired) electrons. The monoisotopic (exact) mass is 305 g/mol. The summed E-state index contributed by atoms with van der Waals surface area (Å²) in [6, 6.07) is 6.46. The maximum absolute atomic E-state index is 11.8. The van der Waals surface area contributed by atoms with Gasteiger partial charge < -0.3 is 10.0 Å². The first kappa shape index (κ1) is 14.8. The van der Waals surface area contributed by atoms with E-state index in [-0.39, 0.29) is 0 Å². The van der Waals surface area contributed by atoms with Gasteiger partial charge in [0.2, 0.25) is 0 Å². The van der Waals surface area contributed by atoms with Crippen molar-refractivity contribution in [1.29, 1.82) is 0 Å². The third kappa shape index (κ3) is 2.78. The number of carboxylic acids is 1. The lowest BCUT2D eigenvalue weighted by Crippen LogP contribution is -2.47. The number of thioether (sulfide) groups is 1. The molecule has 0 aromatic heterocycles. The van der Waals surface area contributed by atoms with Crippen molar-refractivity contribution in [3.63, 3.8) is 0 Å². The number of piperidine rings is 1. The highest BCUT2D eigenvalue weighted by atomic mass is 32.2. The number of fused-ring (bicyclic) bond motifs is 1. The maximum atomic E-state index is 11.8. The largest absolute Gasteiger partial charge is 0.478 e. The van der Waals surface area contributed by atoms with Gasteiger partial charge in [0, 0.05) is 17.5 Å². The summed E-state index contributed by atoms with van der Waals surface area (Å²) in [6.07, 6.45) is 9.59. The zero-order valence-electron chi connectivity index (χ0n) is 12.5. The number of nitrogens with zero attached hydrogens (tertiary/aromatic N) is 1. The topological polar surface area (TPSA) is 40.5 Å². The minimum absolute atomic E-state index is 0.497. The molecule has 1 aromatic carbocycles. The smallest absolute Gasteiger partial charge is 0.338 e. The first-order chi connectivity index (χ1) is 10.2. The number of hydrogen-bond acceptors (Lipinski definition) is 3. The lowest BCUT2D eigenvalue weighted by molar-refractivity contribution is 0.0693. The molecule has 1 aliphatic heterocycles. The molecule has 21 heavy (non-hydrogen) atoms. The van der Waals surface area contributed by atoms with Crippen LogP contribution < -0.4 is 4.90 Å². The number of hydrogen-bond donors (Lipinski definition) is 1. The summed E-state index contributed by atoms with van der Waals surface area (Å²) in [7, 11) is 0. The second-order valence-corrected chi connectivity index (χ2v) is 6.96. The summed E-state index contributed by atoms with van der Waals surface area (Å²) in [4.78, 5) is 15.0. The molecule has 1 saturated carbocycles. The van der Waals surface area contributed by atoms with E-state index in [0.717, 1.165) is 23.0 Å². The van der Waals surface area contributed by atoms with Gasteiger partial charge in [0.05, 0.1) is 11.3 Å². The number of benzene rings is 1. The molecular formula is C17H23NO2S. The van der Waals surface area contributed by atoms with Crippen LogP contribution in [0, 0.1) is 5.92 Å². The highest BCUT2D eigenvalue weighted by Gasteiger charge is 2.35. The van der Waals surface area contributed by atoms with Crippen molar-refractivity contribution in [3.05, 3.63) is 23.8 Å². The summed E-state index contributed by atoms with van der Waals surface area (Å²) in [6.45, 7) is 0.999. The Morgan fingerprint density at radius 1 is 1.24 bits per heavy atom. The molecule has 2 aliphatic rings. The zero-order chi connectivity index (χ0) is 14.8. The van der Waals surface area contributed by atoms with E-state index in [4.69, 9.17) is 0 Å². The summed E-state index contributed by atoms with van der Waals surface area (Å²) >= 11 is 1.52. The summed E-state index contributed by atoms with van der Waals surface area (Å²) in [5, 5.41) is 9.66. The van der Waals surface area contributed by atoms with Crippen molar-refractivity contribution in [1.82, 2.24) is 0 Å². The highest BCUT2D eigenvalue weighted by Crippen LogP contribution is 2.40. The summed E-state index contributed by atoms with van der Waals surface area (Å²) < 4.78 is 0. The van der Waals surface area contributed by atoms with Gasteiger partial charge in [-0.15, -0.1) is 11.8 Å². The fraction of sp³-hybridized carbons (Fsp3) is 0.588. The Hall–Kier alpha value is -1.16. The number of carbonyl (C=O) groups is 1. The quantitative estimate of drug-likeness (QED) is 0.847. The van der Waals surface area contributed by atoms with Crippen LogP contribution in [0.1, 0.15) is 48.9 Å². The molecule has 0 spiro atoms. The molecule has 1 saturated heterocycles. The van der Waals surface area contributed by atoms with Crippen LogP contribution in [-0.4, -0.2) is 29.9 Å². The normalized spacial score (nSPS) is 25.5. The minimum Gasteiger partial charge on any atom is -0.478 e. The van der Waals surface area contributed by atoms with E-state index < -0.39 is 5.97 Å². The fourth-order valence-electron chi connectivity index (χ4n) is 4.07. The average Bonchev–Trinajstić information content (AvgIpc) is 2.53. The Balaban J connectivity index is 2.00. The van der Waals surface area contributed by atoms with Crippen LogP contribution in [0.25, 0.3) is 0 Å². The first-order valence-electron chi connectivity index (χ1n) is 7.89. The molecular weight excluding hydrogens is 282 g/mol. The standard InChI is InChI=1S/C17H23NO2S/c1-21-15-10-4-9-14(16(15)17(19)20)18-11-5-7-12-6-2-3-8-13(12)18/h4,9-10,12-13H,2-3,5-8,11H2,1H3,(H,19,20)/t12-,13-/m1/s1. The lowest BCUT2D eigenvalue weighted by Gasteiger charge is -2.46. The van der Waals surface area contributed by atoms with Gasteiger partial charge in [0.15, 0.2) is 0 Å². The van der Waals surface area contributed by atoms with Gasteiger partial charge in [0.1, 0.15) is 0 Å². The van der Waals surface area contributed by atoms with Crippen molar-refractivity contribution in [2.45, 2.75) is 49.5 Å². The van der Waals surface area contributed by atoms with E-state index in [0.29, 0.717) is 11.6 Å². The van der Waals surface area contributed by atoms with Crippen molar-refractivity contribution < 1.29 is 9.90 Å². The van der Waals surface area contributed by atoms with Crippen LogP contribution in [0.5, 0.6) is 0 Å². The van der Waals surface area contributed by atoms with Crippen LogP contribution in [0.4, 0.5) is 5.69 Å². The van der Waals surface area contributed by atoms with Gasteiger partial charge in [-0.3, -0.25) is 0 Å². The fourth-order valence-corrected chi connectivity index (χ4v) is 4.68. The zero-order valence-corrected chi connectivity index (χ0v) is 13.4. The molecule has 0 bridgehead atoms. The molecule has 3 rings (SSSR count). The van der Waals surface area contributed by atoms with Crippen LogP contribution in [0.3, 0.4) is 0 Å². The van der Waals surface area contributed by atoms with Gasteiger partial charge in [-0.1, -0.05) is 18.9 Å². The molecule has 2 fully saturated rings. The van der Waals surface area contributed by atoms with E-state index in [2.05, 4.69) is 4.90 Å². The minimum atomic E-state index is -0.798. The number of carboxylic acid groups (broad SMARTS) is 1. The Kier molecular flexibility index (Phi) is 4.43. The SMILES string of the molecule is CSc1cccc(N2CCC[C@H]3CCCC[C@H]32)c1C(=O)O. The number of aromatic carboxylic acids is 1. The lowest BCUT2D eigenvalue weighted by atomic mass is 9.78. The van der Waals surface area contributed by atoms with Crippen molar-refractivity contribution in [2.75, 3.05) is 17.7 Å². The molecule has 1 N–H and O–H groups in total. The first-order valence-corrected chi connectivity index (χ1v) is 9.11. The third-order valence-corrected chi connectivity index (χ3v) is 5.77. The van der Waals surface area contributed by atoms with Crippen molar-refractivity contribution in [2.24, 2.45) is 5.92 Å². The Morgan fingerprint density at radius 2 is 2.00 bits per heavy atom. The summed E-state index contributed by atoms with van der Waals surface area (Å²) in [5.41, 5.74) is 1.43. The van der Waals surface area contributed by atoms with Crippen LogP contribution in [0.15, 0.2) is 23.1 Å². The van der Waals surface area contributed by atoms with Crippen LogP contribution in [0.2, 0.25) is 0 Å². The van der Waals surface area contributed by atoms with Gasteiger partial charge in [-0.05, 0) is 50.0 Å². The molecule has 1 aromatic rings. The Labute approximate surface area is 130 Å². The van der Waals surface area contributed by atoms with E-state index in [1.54, 1.807) is 0 Å². The predicted octanol–water partition coefficient (Wildman–Crippen LogP) is 4.27. The molecule has 2 atom stereocenters. The molecule has 114 valence electrons. The number of anilines is 1. The average molecular weight is 305 g/mol. The van der Waals surface area contributed by atoms with E-state index in [9.17, 15) is 9.90 Å². The van der Waals surface area contributed by atoms with E-state index in [1.807, 2.05) is 24.5 Å². The molecule has 3 nitrogen and oxygen atoms in total. The van der Waals surface area contributed by atoms with Crippen LogP contribution in [-0.2, 0) is 0 Å². The Bertz CT molecular complexity index is 530. The van der Waals surface area contributed by atoms with E-state index in [1.165, 1.54) is 50.3 Å². The molecule has 1 heterocycles. The van der Waals surface area contributed by atoms with Gasteiger partial charge >= 0.3 is 5.97 Å². The maximum Gasteiger partial charge on any atom is 0.338 e. The Morgan fingerprint density at radius 3 is 2.76 bits per heavy atom. The molecule has 4 heteroatoms. The van der Waals surface area contributed by atoms with Gasteiger partial charge in [-0.2, -0.15) is 0 Å². The summed E-state index contributed by atoms with van der Waals surface area (Å²) in [5.74, 6) is -0.0417. The van der Waals surface area contributed by atoms with Crippen molar-refractivity contribution >= 4 is 23.4 Å². The highest BCUT2D eigenvalue weighted by molar-refractivity contribution is 7.98. The second-order valence-electron chi connectivity index (χ2n) is 6.11. The molecule has 0 unspecified atom stereocenters. The third-order valence-electron chi connectivity index (χ3n) is 4.99. The van der Waals surface area contributed by atoms with Crippen molar-refractivity contribution in [3.8, 4) is 0 Å². The molecule has 1 aliphatic carbocycles. The predicted molar refractivity (Wildman–Crippen MR) is 87.5 cm³/mol. The second kappa shape index (κ2) is 6.30.